The predicted molar refractivity (Wildman–Crippen MR) is 87.2 cm³/mol. The number of aromatic nitrogens is 1. The smallest absolute Gasteiger partial charge is 0.0573 e. The Morgan fingerprint density at radius 2 is 2.14 bits per heavy atom. The fourth-order valence-electron chi connectivity index (χ4n) is 3.60. The summed E-state index contributed by atoms with van der Waals surface area (Å²) in [7, 11) is 0. The van der Waals surface area contributed by atoms with E-state index in [0.29, 0.717) is 0 Å². The molecule has 3 nitrogen and oxygen atoms in total. The number of piperazine rings is 1. The zero-order valence-corrected chi connectivity index (χ0v) is 13.9. The van der Waals surface area contributed by atoms with Gasteiger partial charge in [-0.3, -0.25) is 9.88 Å². The molecule has 2 heterocycles. The summed E-state index contributed by atoms with van der Waals surface area (Å²) in [6, 6.07) is 4.21. The lowest BCUT2D eigenvalue weighted by Crippen LogP contribution is -2.68. The van der Waals surface area contributed by atoms with Gasteiger partial charge in [0.2, 0.25) is 0 Å². The van der Waals surface area contributed by atoms with Crippen molar-refractivity contribution in [3.63, 3.8) is 0 Å². The average Bonchev–Trinajstić information content (AvgIpc) is 3.31. The normalized spacial score (nSPS) is 34.1. The molecule has 1 aliphatic heterocycles. The first-order valence-electron chi connectivity index (χ1n) is 8.37. The first kappa shape index (κ1) is 15.0. The van der Waals surface area contributed by atoms with Crippen LogP contribution in [0.25, 0.3) is 0 Å². The summed E-state index contributed by atoms with van der Waals surface area (Å²) in [4.78, 5) is 7.30. The van der Waals surface area contributed by atoms with Gasteiger partial charge < -0.3 is 5.32 Å². The highest BCUT2D eigenvalue weighted by molar-refractivity contribution is 5.19. The Morgan fingerprint density at radius 3 is 2.76 bits per heavy atom. The minimum atomic E-state index is 0.234. The molecule has 1 saturated carbocycles. The third kappa shape index (κ3) is 2.86. The molecule has 2 fully saturated rings. The van der Waals surface area contributed by atoms with Crippen LogP contribution in [0.1, 0.15) is 51.3 Å². The fourth-order valence-corrected chi connectivity index (χ4v) is 3.60. The van der Waals surface area contributed by atoms with Crippen LogP contribution in [-0.4, -0.2) is 34.1 Å². The minimum Gasteiger partial charge on any atom is -0.308 e. The van der Waals surface area contributed by atoms with Crippen LogP contribution in [0.5, 0.6) is 0 Å². The van der Waals surface area contributed by atoms with E-state index in [2.05, 4.69) is 49.0 Å². The second-order valence-corrected chi connectivity index (χ2v) is 7.52. The molecule has 116 valence electrons. The quantitative estimate of drug-likeness (QED) is 0.922. The van der Waals surface area contributed by atoms with E-state index >= 15 is 0 Å². The molecular weight excluding hydrogens is 258 g/mol. The lowest BCUT2D eigenvalue weighted by Gasteiger charge is -2.52. The highest BCUT2D eigenvalue weighted by atomic mass is 15.3. The van der Waals surface area contributed by atoms with Gasteiger partial charge in [-0.15, -0.1) is 0 Å². The second-order valence-electron chi connectivity index (χ2n) is 7.52. The van der Waals surface area contributed by atoms with E-state index in [-0.39, 0.29) is 11.1 Å². The Hall–Kier alpha value is -0.930. The van der Waals surface area contributed by atoms with Gasteiger partial charge in [0, 0.05) is 36.9 Å². The summed E-state index contributed by atoms with van der Waals surface area (Å²) < 4.78 is 0. The third-order valence-corrected chi connectivity index (χ3v) is 5.85. The molecule has 1 aromatic heterocycles. The maximum Gasteiger partial charge on any atom is 0.0573 e. The summed E-state index contributed by atoms with van der Waals surface area (Å²) in [5.41, 5.74) is 3.07. The van der Waals surface area contributed by atoms with Crippen molar-refractivity contribution in [3.8, 4) is 0 Å². The maximum atomic E-state index is 4.62. The number of nitrogens with zero attached hydrogens (tertiary/aromatic N) is 2. The highest BCUT2D eigenvalue weighted by Crippen LogP contribution is 2.43. The van der Waals surface area contributed by atoms with Crippen LogP contribution in [0.4, 0.5) is 0 Å². The van der Waals surface area contributed by atoms with E-state index in [9.17, 15) is 0 Å². The number of rotatable bonds is 4. The van der Waals surface area contributed by atoms with Gasteiger partial charge in [0.25, 0.3) is 0 Å². The average molecular weight is 287 g/mol. The van der Waals surface area contributed by atoms with Crippen LogP contribution in [0.3, 0.4) is 0 Å². The molecule has 1 aliphatic carbocycles. The molecule has 3 heteroatoms. The Labute approximate surface area is 129 Å². The van der Waals surface area contributed by atoms with Gasteiger partial charge in [0.1, 0.15) is 0 Å². The molecule has 1 N–H and O–H groups in total. The van der Waals surface area contributed by atoms with Gasteiger partial charge in [-0.2, -0.15) is 0 Å². The number of hydrogen-bond acceptors (Lipinski definition) is 3. The molecule has 0 radical (unpaired) electrons. The molecule has 3 rings (SSSR count). The third-order valence-electron chi connectivity index (χ3n) is 5.85. The van der Waals surface area contributed by atoms with Crippen LogP contribution < -0.4 is 5.32 Å². The molecule has 1 saturated heterocycles. The Morgan fingerprint density at radius 1 is 1.38 bits per heavy atom. The van der Waals surface area contributed by atoms with Crippen LogP contribution in [0.2, 0.25) is 0 Å². The highest BCUT2D eigenvalue weighted by Gasteiger charge is 2.48. The molecule has 2 atom stereocenters. The van der Waals surface area contributed by atoms with Crippen molar-refractivity contribution < 1.29 is 0 Å². The summed E-state index contributed by atoms with van der Waals surface area (Å²) in [6.07, 6.45) is 5.88. The Kier molecular flexibility index (Phi) is 3.83. The summed E-state index contributed by atoms with van der Waals surface area (Å²) in [5, 5.41) is 3.87. The first-order valence-corrected chi connectivity index (χ1v) is 8.37. The number of hydrogen-bond donors (Lipinski definition) is 1. The largest absolute Gasteiger partial charge is 0.308 e. The molecule has 2 aliphatic rings. The van der Waals surface area contributed by atoms with Crippen molar-refractivity contribution in [2.45, 2.75) is 64.6 Å². The topological polar surface area (TPSA) is 28.2 Å². The van der Waals surface area contributed by atoms with Crippen LogP contribution in [-0.2, 0) is 6.54 Å². The lowest BCUT2D eigenvalue weighted by molar-refractivity contribution is 0.00327. The Bertz CT molecular complexity index is 511. The first-order chi connectivity index (χ1) is 9.97. The Balaban J connectivity index is 1.82. The van der Waals surface area contributed by atoms with Crippen molar-refractivity contribution in [3.05, 3.63) is 29.6 Å². The SMILES string of the molecule is CCC1(C)CNC(C)(C2CC2)CN1Cc1ncccc1C. The van der Waals surface area contributed by atoms with Crippen molar-refractivity contribution in [1.82, 2.24) is 15.2 Å². The van der Waals surface area contributed by atoms with E-state index in [4.69, 9.17) is 0 Å². The van der Waals surface area contributed by atoms with Crippen molar-refractivity contribution in [2.75, 3.05) is 13.1 Å². The van der Waals surface area contributed by atoms with E-state index in [0.717, 1.165) is 25.6 Å². The zero-order chi connectivity index (χ0) is 15.1. The minimum absolute atomic E-state index is 0.234. The molecule has 0 bridgehead atoms. The van der Waals surface area contributed by atoms with Gasteiger partial charge in [0.15, 0.2) is 0 Å². The van der Waals surface area contributed by atoms with E-state index < -0.39 is 0 Å². The van der Waals surface area contributed by atoms with Crippen LogP contribution in [0.15, 0.2) is 18.3 Å². The maximum absolute atomic E-state index is 4.62. The monoisotopic (exact) mass is 287 g/mol. The molecule has 0 aromatic carbocycles. The van der Waals surface area contributed by atoms with Crippen molar-refractivity contribution in [2.24, 2.45) is 5.92 Å². The fraction of sp³-hybridized carbons (Fsp3) is 0.722. The second kappa shape index (κ2) is 5.36. The van der Waals surface area contributed by atoms with Gasteiger partial charge >= 0.3 is 0 Å². The van der Waals surface area contributed by atoms with E-state index in [1.165, 1.54) is 30.5 Å². The molecule has 0 amide bonds. The van der Waals surface area contributed by atoms with E-state index in [1.54, 1.807) is 0 Å². The van der Waals surface area contributed by atoms with Gasteiger partial charge in [-0.1, -0.05) is 13.0 Å². The van der Waals surface area contributed by atoms with Gasteiger partial charge in [-0.25, -0.2) is 0 Å². The predicted octanol–water partition coefficient (Wildman–Crippen LogP) is 3.13. The molecular formula is C18H29N3. The number of aryl methyl sites for hydroxylation is 1. The zero-order valence-electron chi connectivity index (χ0n) is 13.9. The van der Waals surface area contributed by atoms with Gasteiger partial charge in [0.05, 0.1) is 5.69 Å². The van der Waals surface area contributed by atoms with Crippen molar-refractivity contribution in [1.29, 1.82) is 0 Å². The van der Waals surface area contributed by atoms with Crippen LogP contribution in [0, 0.1) is 12.8 Å². The lowest BCUT2D eigenvalue weighted by atomic mass is 9.84. The molecule has 0 spiro atoms. The summed E-state index contributed by atoms with van der Waals surface area (Å²) >= 11 is 0. The summed E-state index contributed by atoms with van der Waals surface area (Å²) in [6.45, 7) is 12.5. The van der Waals surface area contributed by atoms with Crippen molar-refractivity contribution >= 4 is 0 Å². The molecule has 1 aromatic rings. The van der Waals surface area contributed by atoms with Crippen LogP contribution >= 0.6 is 0 Å². The molecule has 2 unspecified atom stereocenters. The molecule has 21 heavy (non-hydrogen) atoms. The van der Waals surface area contributed by atoms with Gasteiger partial charge in [-0.05, 0) is 57.6 Å². The number of nitrogens with one attached hydrogen (secondary N) is 1. The number of pyridine rings is 1. The summed E-state index contributed by atoms with van der Waals surface area (Å²) in [5.74, 6) is 0.867. The van der Waals surface area contributed by atoms with E-state index in [1.807, 2.05) is 12.3 Å². The standard InChI is InChI=1S/C18H29N3/c1-5-17(3)12-20-18(4,15-8-9-15)13-21(17)11-16-14(2)7-6-10-19-16/h6-7,10,15,20H,5,8-9,11-13H2,1-4H3.